The quantitative estimate of drug-likeness (QED) is 0.555. The van der Waals surface area contributed by atoms with Gasteiger partial charge in [-0.05, 0) is 50.5 Å². The Morgan fingerprint density at radius 2 is 1.77 bits per heavy atom. The van der Waals surface area contributed by atoms with Crippen LogP contribution in [0.15, 0.2) is 42.5 Å². The number of thiazole rings is 1. The molecule has 11 heteroatoms. The number of hydrogen-bond donors (Lipinski definition) is 1. The summed E-state index contributed by atoms with van der Waals surface area (Å²) >= 11 is 1.11. The molecular weight excluding hydrogens is 433 g/mol. The summed E-state index contributed by atoms with van der Waals surface area (Å²) in [6.45, 7) is 0.898. The van der Waals surface area contributed by atoms with Gasteiger partial charge in [-0.15, -0.1) is 13.2 Å². The molecule has 1 heterocycles. The molecule has 0 saturated carbocycles. The Bertz CT molecular complexity index is 1040. The number of alkyl halides is 3. The topological polar surface area (TPSA) is 66.9 Å². The first-order valence-corrected chi connectivity index (χ1v) is 10.00. The summed E-state index contributed by atoms with van der Waals surface area (Å²) in [5.74, 6) is 0.322. The number of methoxy groups -OCH3 is 1. The van der Waals surface area contributed by atoms with Crippen LogP contribution in [0.3, 0.4) is 0 Å². The van der Waals surface area contributed by atoms with Crippen molar-refractivity contribution >= 4 is 38.4 Å². The van der Waals surface area contributed by atoms with Gasteiger partial charge in [0.15, 0.2) is 5.13 Å². The lowest BCUT2D eigenvalue weighted by atomic mass is 10.3. The fourth-order valence-electron chi connectivity index (χ4n) is 2.65. The molecule has 31 heavy (non-hydrogen) atoms. The number of hydrogen-bond acceptors (Lipinski definition) is 6. The van der Waals surface area contributed by atoms with Crippen molar-refractivity contribution < 1.29 is 27.4 Å². The minimum Gasteiger partial charge on any atom is -0.497 e. The maximum absolute atomic E-state index is 13.0. The van der Waals surface area contributed by atoms with Crippen molar-refractivity contribution in [1.82, 2.24) is 9.88 Å². The van der Waals surface area contributed by atoms with Crippen LogP contribution in [0.4, 0.5) is 28.8 Å². The number of anilines is 2. The highest BCUT2D eigenvalue weighted by atomic mass is 32.1. The molecule has 0 spiro atoms. The molecule has 1 aromatic heterocycles. The summed E-state index contributed by atoms with van der Waals surface area (Å²) in [6, 6.07) is 10.3. The van der Waals surface area contributed by atoms with Gasteiger partial charge in [0.2, 0.25) is 0 Å². The lowest BCUT2D eigenvalue weighted by molar-refractivity contribution is -0.274. The van der Waals surface area contributed by atoms with Gasteiger partial charge in [0.05, 0.1) is 17.3 Å². The van der Waals surface area contributed by atoms with E-state index in [-0.39, 0.29) is 5.75 Å². The fourth-order valence-corrected chi connectivity index (χ4v) is 3.67. The van der Waals surface area contributed by atoms with Crippen LogP contribution in [0.2, 0.25) is 0 Å². The summed E-state index contributed by atoms with van der Waals surface area (Å²) < 4.78 is 47.1. The van der Waals surface area contributed by atoms with Gasteiger partial charge in [-0.2, -0.15) is 0 Å². The van der Waals surface area contributed by atoms with Crippen LogP contribution in [0.25, 0.3) is 10.2 Å². The van der Waals surface area contributed by atoms with Crippen molar-refractivity contribution in [3.63, 3.8) is 0 Å². The second kappa shape index (κ2) is 9.40. The molecule has 2 amide bonds. The first-order valence-electron chi connectivity index (χ1n) is 9.18. The number of rotatable bonds is 7. The Kier molecular flexibility index (Phi) is 6.86. The highest BCUT2D eigenvalue weighted by molar-refractivity contribution is 7.22. The minimum atomic E-state index is -4.78. The Morgan fingerprint density at radius 1 is 1.10 bits per heavy atom. The summed E-state index contributed by atoms with van der Waals surface area (Å²) in [5, 5.41) is 3.18. The molecule has 7 nitrogen and oxygen atoms in total. The number of fused-ring (bicyclic) bond motifs is 1. The summed E-state index contributed by atoms with van der Waals surface area (Å²) in [4.78, 5) is 20.8. The van der Waals surface area contributed by atoms with E-state index in [2.05, 4.69) is 15.0 Å². The Hall–Kier alpha value is -3.05. The first kappa shape index (κ1) is 22.6. The molecule has 0 aliphatic carbocycles. The molecule has 0 unspecified atom stereocenters. The van der Waals surface area contributed by atoms with Crippen LogP contribution in [0.5, 0.6) is 11.5 Å². The van der Waals surface area contributed by atoms with Crippen LogP contribution in [0, 0.1) is 0 Å². The molecule has 3 aromatic rings. The second-order valence-electron chi connectivity index (χ2n) is 6.79. The maximum Gasteiger partial charge on any atom is 0.573 e. The SMILES string of the molecule is COc1ccc(NC(=O)N(CCN(C)C)c2nc3ccc(OC(F)(F)F)cc3s2)cc1. The molecule has 0 aliphatic rings. The summed E-state index contributed by atoms with van der Waals surface area (Å²) in [6.07, 6.45) is -4.78. The molecule has 0 radical (unpaired) electrons. The zero-order valence-electron chi connectivity index (χ0n) is 17.1. The second-order valence-corrected chi connectivity index (χ2v) is 7.80. The van der Waals surface area contributed by atoms with Gasteiger partial charge >= 0.3 is 12.4 Å². The zero-order chi connectivity index (χ0) is 22.6. The molecule has 0 aliphatic heterocycles. The number of amides is 2. The number of ether oxygens (including phenoxy) is 2. The number of carbonyl (C=O) groups excluding carboxylic acids is 1. The molecule has 3 rings (SSSR count). The molecule has 0 atom stereocenters. The van der Waals surface area contributed by atoms with Gasteiger partial charge < -0.3 is 19.7 Å². The number of urea groups is 1. The van der Waals surface area contributed by atoms with Crippen LogP contribution in [0.1, 0.15) is 0 Å². The number of halogens is 3. The molecule has 2 aromatic carbocycles. The number of carbonyl (C=O) groups is 1. The van der Waals surface area contributed by atoms with Crippen LogP contribution in [-0.4, -0.2) is 56.6 Å². The van der Waals surface area contributed by atoms with Gasteiger partial charge in [-0.25, -0.2) is 9.78 Å². The number of benzene rings is 2. The number of nitrogens with one attached hydrogen (secondary N) is 1. The van der Waals surface area contributed by atoms with Crippen LogP contribution >= 0.6 is 11.3 Å². The van der Waals surface area contributed by atoms with Crippen molar-refractivity contribution in [2.75, 3.05) is 44.5 Å². The van der Waals surface area contributed by atoms with E-state index < -0.39 is 12.4 Å². The smallest absolute Gasteiger partial charge is 0.497 e. The van der Waals surface area contributed by atoms with E-state index in [9.17, 15) is 18.0 Å². The van der Waals surface area contributed by atoms with Crippen molar-refractivity contribution in [3.05, 3.63) is 42.5 Å². The van der Waals surface area contributed by atoms with Crippen molar-refractivity contribution in [2.24, 2.45) is 0 Å². The fraction of sp³-hybridized carbons (Fsp3) is 0.300. The molecule has 0 fully saturated rings. The molecule has 166 valence electrons. The van der Waals surface area contributed by atoms with E-state index in [1.165, 1.54) is 23.1 Å². The largest absolute Gasteiger partial charge is 0.573 e. The van der Waals surface area contributed by atoms with Crippen LogP contribution < -0.4 is 19.7 Å². The van der Waals surface area contributed by atoms with Crippen molar-refractivity contribution in [2.45, 2.75) is 6.36 Å². The highest BCUT2D eigenvalue weighted by Gasteiger charge is 2.31. The van der Waals surface area contributed by atoms with Gasteiger partial charge in [-0.1, -0.05) is 11.3 Å². The van der Waals surface area contributed by atoms with Gasteiger partial charge in [-0.3, -0.25) is 4.90 Å². The van der Waals surface area contributed by atoms with E-state index in [0.29, 0.717) is 39.9 Å². The normalized spacial score (nSPS) is 11.6. The third-order valence-corrected chi connectivity index (χ3v) is 5.21. The van der Waals surface area contributed by atoms with Crippen molar-refractivity contribution in [1.29, 1.82) is 0 Å². The Balaban J connectivity index is 1.85. The predicted octanol–water partition coefficient (Wildman–Crippen LogP) is 4.80. The average Bonchev–Trinajstić information content (AvgIpc) is 3.10. The predicted molar refractivity (Wildman–Crippen MR) is 114 cm³/mol. The van der Waals surface area contributed by atoms with Crippen molar-refractivity contribution in [3.8, 4) is 11.5 Å². The van der Waals surface area contributed by atoms with Gasteiger partial charge in [0, 0.05) is 24.8 Å². The number of likely N-dealkylation sites (N-methyl/N-ethyl adjacent to an activating group) is 1. The molecular formula is C20H21F3N4O3S. The summed E-state index contributed by atoms with van der Waals surface area (Å²) in [5.41, 5.74) is 1.05. The standard InChI is InChI=1S/C20H21F3N4O3S/c1-26(2)10-11-27(18(28)24-13-4-6-14(29-3)7-5-13)19-25-16-9-8-15(12-17(16)31-19)30-20(21,22)23/h4-9,12H,10-11H2,1-3H3,(H,24,28). The van der Waals surface area contributed by atoms with Gasteiger partial charge in [0.1, 0.15) is 11.5 Å². The first-order chi connectivity index (χ1) is 14.6. The third kappa shape index (κ3) is 6.22. The highest BCUT2D eigenvalue weighted by Crippen LogP contribution is 2.33. The number of aromatic nitrogens is 1. The maximum atomic E-state index is 13.0. The minimum absolute atomic E-state index is 0.334. The zero-order valence-corrected chi connectivity index (χ0v) is 17.9. The van der Waals surface area contributed by atoms with Gasteiger partial charge in [0.25, 0.3) is 0 Å². The Morgan fingerprint density at radius 3 is 2.39 bits per heavy atom. The molecule has 0 bridgehead atoms. The van der Waals surface area contributed by atoms with E-state index in [1.807, 2.05) is 19.0 Å². The van der Waals surface area contributed by atoms with Crippen LogP contribution in [-0.2, 0) is 0 Å². The average molecular weight is 454 g/mol. The third-order valence-electron chi connectivity index (χ3n) is 4.17. The van der Waals surface area contributed by atoms with E-state index in [1.54, 1.807) is 31.4 Å². The summed E-state index contributed by atoms with van der Waals surface area (Å²) in [7, 11) is 5.30. The Labute approximate surface area is 181 Å². The lowest BCUT2D eigenvalue weighted by Crippen LogP contribution is -2.39. The lowest BCUT2D eigenvalue weighted by Gasteiger charge is -2.22. The van der Waals surface area contributed by atoms with E-state index in [0.717, 1.165) is 11.3 Å². The molecule has 0 saturated heterocycles. The monoisotopic (exact) mass is 454 g/mol. The number of nitrogens with zero attached hydrogens (tertiary/aromatic N) is 3. The van der Waals surface area contributed by atoms with E-state index in [4.69, 9.17) is 4.74 Å². The molecule has 1 N–H and O–H groups in total. The van der Waals surface area contributed by atoms with E-state index >= 15 is 0 Å².